The first-order valence-electron chi connectivity index (χ1n) is 6.58. The number of rotatable bonds is 5. The third-order valence-corrected chi connectivity index (χ3v) is 3.18. The number of nitrogens with two attached hydrogens (primary N) is 1. The van der Waals surface area contributed by atoms with Gasteiger partial charge in [0.15, 0.2) is 0 Å². The summed E-state index contributed by atoms with van der Waals surface area (Å²) in [5.74, 6) is 0.789. The third kappa shape index (κ3) is 4.46. The van der Waals surface area contributed by atoms with Crippen molar-refractivity contribution in [3.63, 3.8) is 0 Å². The Kier molecular flexibility index (Phi) is 4.90. The Morgan fingerprint density at radius 2 is 2.00 bits per heavy atom. The van der Waals surface area contributed by atoms with Crippen LogP contribution in [0.1, 0.15) is 19.4 Å². The van der Waals surface area contributed by atoms with Crippen LogP contribution in [0.15, 0.2) is 46.9 Å². The van der Waals surface area contributed by atoms with E-state index in [1.54, 1.807) is 0 Å². The van der Waals surface area contributed by atoms with E-state index in [9.17, 15) is 0 Å². The maximum atomic E-state index is 5.90. The summed E-state index contributed by atoms with van der Waals surface area (Å²) in [7, 11) is 0. The van der Waals surface area contributed by atoms with Crippen molar-refractivity contribution >= 4 is 27.3 Å². The van der Waals surface area contributed by atoms with E-state index in [0.717, 1.165) is 22.5 Å². The lowest BCUT2D eigenvalue weighted by Gasteiger charge is -2.13. The van der Waals surface area contributed by atoms with Gasteiger partial charge in [-0.3, -0.25) is 0 Å². The smallest absolute Gasteiger partial charge is 0.123 e. The third-order valence-electron chi connectivity index (χ3n) is 2.69. The van der Waals surface area contributed by atoms with E-state index in [1.807, 2.05) is 44.2 Å². The minimum atomic E-state index is 0.134. The standard InChI is InChI=1S/C16H19BrN2O/c1-11(2)20-16-8-14(18)7-15(9-16)19-10-12-4-3-5-13(17)6-12/h3-9,11,19H,10,18H2,1-2H3. The van der Waals surface area contributed by atoms with Crippen molar-refractivity contribution in [1.82, 2.24) is 0 Å². The van der Waals surface area contributed by atoms with E-state index in [1.165, 1.54) is 5.56 Å². The molecule has 0 bridgehead atoms. The second-order valence-corrected chi connectivity index (χ2v) is 5.86. The molecule has 0 fully saturated rings. The van der Waals surface area contributed by atoms with Gasteiger partial charge in [0.2, 0.25) is 0 Å². The van der Waals surface area contributed by atoms with Crippen LogP contribution in [-0.2, 0) is 6.54 Å². The first kappa shape index (κ1) is 14.7. The predicted octanol–water partition coefficient (Wildman–Crippen LogP) is 4.43. The highest BCUT2D eigenvalue weighted by atomic mass is 79.9. The molecule has 2 aromatic rings. The molecule has 4 heteroatoms. The molecule has 0 aliphatic carbocycles. The number of anilines is 2. The van der Waals surface area contributed by atoms with Crippen LogP contribution in [0.3, 0.4) is 0 Å². The minimum absolute atomic E-state index is 0.134. The molecule has 20 heavy (non-hydrogen) atoms. The van der Waals surface area contributed by atoms with E-state index >= 15 is 0 Å². The molecular weight excluding hydrogens is 316 g/mol. The van der Waals surface area contributed by atoms with Gasteiger partial charge < -0.3 is 15.8 Å². The zero-order valence-electron chi connectivity index (χ0n) is 11.7. The number of halogens is 1. The molecule has 0 atom stereocenters. The summed E-state index contributed by atoms with van der Waals surface area (Å²) in [4.78, 5) is 0. The van der Waals surface area contributed by atoms with Crippen LogP contribution in [0.25, 0.3) is 0 Å². The summed E-state index contributed by atoms with van der Waals surface area (Å²) in [6.07, 6.45) is 0.134. The van der Waals surface area contributed by atoms with Gasteiger partial charge in [0.1, 0.15) is 5.75 Å². The average molecular weight is 335 g/mol. The summed E-state index contributed by atoms with van der Waals surface area (Å²) in [5.41, 5.74) is 8.76. The highest BCUT2D eigenvalue weighted by Crippen LogP contribution is 2.24. The quantitative estimate of drug-likeness (QED) is 0.795. The molecule has 0 radical (unpaired) electrons. The van der Waals surface area contributed by atoms with E-state index < -0.39 is 0 Å². The van der Waals surface area contributed by atoms with Crippen molar-refractivity contribution in [1.29, 1.82) is 0 Å². The fourth-order valence-corrected chi connectivity index (χ4v) is 2.36. The fraction of sp³-hybridized carbons (Fsp3) is 0.250. The zero-order valence-corrected chi connectivity index (χ0v) is 13.3. The van der Waals surface area contributed by atoms with Gasteiger partial charge in [-0.25, -0.2) is 0 Å². The van der Waals surface area contributed by atoms with Crippen molar-refractivity contribution in [3.05, 3.63) is 52.5 Å². The number of nitrogen functional groups attached to an aromatic ring is 1. The Hall–Kier alpha value is -1.68. The highest BCUT2D eigenvalue weighted by molar-refractivity contribution is 9.10. The van der Waals surface area contributed by atoms with Crippen LogP contribution in [0.2, 0.25) is 0 Å². The largest absolute Gasteiger partial charge is 0.491 e. The van der Waals surface area contributed by atoms with Crippen LogP contribution >= 0.6 is 15.9 Å². The lowest BCUT2D eigenvalue weighted by Crippen LogP contribution is -2.07. The molecule has 106 valence electrons. The molecule has 2 rings (SSSR count). The Bertz CT molecular complexity index is 584. The van der Waals surface area contributed by atoms with Crippen molar-refractivity contribution in [3.8, 4) is 5.75 Å². The minimum Gasteiger partial charge on any atom is -0.491 e. The summed E-state index contributed by atoms with van der Waals surface area (Å²) in [5, 5.41) is 3.36. The first-order valence-corrected chi connectivity index (χ1v) is 7.38. The second kappa shape index (κ2) is 6.66. The van der Waals surface area contributed by atoms with Crippen LogP contribution in [0, 0.1) is 0 Å². The van der Waals surface area contributed by atoms with Crippen LogP contribution in [-0.4, -0.2) is 6.10 Å². The molecule has 3 N–H and O–H groups in total. The number of ether oxygens (including phenoxy) is 1. The number of hydrogen-bond donors (Lipinski definition) is 2. The number of hydrogen-bond acceptors (Lipinski definition) is 3. The fourth-order valence-electron chi connectivity index (χ4n) is 1.92. The normalized spacial score (nSPS) is 10.6. The highest BCUT2D eigenvalue weighted by Gasteiger charge is 2.02. The lowest BCUT2D eigenvalue weighted by molar-refractivity contribution is 0.242. The lowest BCUT2D eigenvalue weighted by atomic mass is 10.2. The summed E-state index contributed by atoms with van der Waals surface area (Å²) >= 11 is 3.47. The van der Waals surface area contributed by atoms with Gasteiger partial charge in [0.25, 0.3) is 0 Å². The van der Waals surface area contributed by atoms with Crippen LogP contribution in [0.5, 0.6) is 5.75 Å². The Morgan fingerprint density at radius 1 is 1.20 bits per heavy atom. The summed E-state index contributed by atoms with van der Waals surface area (Å²) < 4.78 is 6.76. The molecule has 0 unspecified atom stereocenters. The van der Waals surface area contributed by atoms with Crippen LogP contribution < -0.4 is 15.8 Å². The van der Waals surface area contributed by atoms with Gasteiger partial charge in [-0.15, -0.1) is 0 Å². The second-order valence-electron chi connectivity index (χ2n) is 4.94. The van der Waals surface area contributed by atoms with Gasteiger partial charge in [0.05, 0.1) is 6.10 Å². The molecular formula is C16H19BrN2O. The van der Waals surface area contributed by atoms with Crippen LogP contribution in [0.4, 0.5) is 11.4 Å². The van der Waals surface area contributed by atoms with Gasteiger partial charge in [-0.2, -0.15) is 0 Å². The Morgan fingerprint density at radius 3 is 2.70 bits per heavy atom. The first-order chi connectivity index (χ1) is 9.52. The van der Waals surface area contributed by atoms with E-state index in [-0.39, 0.29) is 6.10 Å². The van der Waals surface area contributed by atoms with Gasteiger partial charge in [-0.05, 0) is 37.6 Å². The topological polar surface area (TPSA) is 47.3 Å². The van der Waals surface area contributed by atoms with Crippen molar-refractivity contribution in [2.24, 2.45) is 0 Å². The summed E-state index contributed by atoms with van der Waals surface area (Å²) in [6.45, 7) is 4.74. The van der Waals surface area contributed by atoms with Crippen molar-refractivity contribution < 1.29 is 4.74 Å². The Balaban J connectivity index is 2.07. The van der Waals surface area contributed by atoms with E-state index in [0.29, 0.717) is 5.69 Å². The maximum absolute atomic E-state index is 5.90. The molecule has 0 saturated carbocycles. The number of nitrogens with one attached hydrogen (secondary N) is 1. The average Bonchev–Trinajstić information content (AvgIpc) is 2.35. The zero-order chi connectivity index (χ0) is 14.5. The molecule has 0 aliphatic heterocycles. The van der Waals surface area contributed by atoms with Crippen molar-refractivity contribution in [2.75, 3.05) is 11.1 Å². The molecule has 0 saturated heterocycles. The summed E-state index contributed by atoms with van der Waals surface area (Å²) in [6, 6.07) is 13.9. The van der Waals surface area contributed by atoms with Gasteiger partial charge in [-0.1, -0.05) is 28.1 Å². The monoisotopic (exact) mass is 334 g/mol. The predicted molar refractivity (Wildman–Crippen MR) is 88.1 cm³/mol. The van der Waals surface area contributed by atoms with Gasteiger partial charge >= 0.3 is 0 Å². The molecule has 0 aromatic heterocycles. The van der Waals surface area contributed by atoms with E-state index in [2.05, 4.69) is 33.4 Å². The van der Waals surface area contributed by atoms with Crippen molar-refractivity contribution in [2.45, 2.75) is 26.5 Å². The van der Waals surface area contributed by atoms with E-state index in [4.69, 9.17) is 10.5 Å². The molecule has 0 spiro atoms. The number of benzene rings is 2. The maximum Gasteiger partial charge on any atom is 0.123 e. The Labute approximate surface area is 128 Å². The van der Waals surface area contributed by atoms with Gasteiger partial charge in [0, 0.05) is 34.5 Å². The molecule has 0 heterocycles. The molecule has 2 aromatic carbocycles. The molecule has 0 amide bonds. The molecule has 3 nitrogen and oxygen atoms in total. The SMILES string of the molecule is CC(C)Oc1cc(N)cc(NCc2cccc(Br)c2)c1. The molecule has 0 aliphatic rings.